The number of ether oxygens (including phenoxy) is 2. The molecule has 1 saturated carbocycles. The zero-order chi connectivity index (χ0) is 19.9. The van der Waals surface area contributed by atoms with Crippen LogP contribution in [0.2, 0.25) is 0 Å². The van der Waals surface area contributed by atoms with Gasteiger partial charge in [-0.15, -0.1) is 0 Å². The van der Waals surface area contributed by atoms with Crippen molar-refractivity contribution in [3.8, 4) is 11.5 Å². The van der Waals surface area contributed by atoms with E-state index in [1.54, 1.807) is 18.2 Å². The fraction of sp³-hybridized carbons (Fsp3) is 0.333. The topological polar surface area (TPSA) is 103 Å². The van der Waals surface area contributed by atoms with Gasteiger partial charge in [0.05, 0.1) is 7.11 Å². The summed E-state index contributed by atoms with van der Waals surface area (Å²) in [4.78, 5) is 24.2. The molecule has 0 radical (unpaired) electrons. The Morgan fingerprint density at radius 2 is 1.86 bits per heavy atom. The van der Waals surface area contributed by atoms with Crippen molar-refractivity contribution in [2.24, 2.45) is 5.73 Å². The number of methoxy groups -OCH3 is 1. The number of nitrogens with two attached hydrogens (primary N) is 1. The third kappa shape index (κ3) is 5.72. The highest BCUT2D eigenvalue weighted by Crippen LogP contribution is 2.30. The summed E-state index contributed by atoms with van der Waals surface area (Å²) in [6, 6.07) is 14.4. The molecule has 0 heterocycles. The van der Waals surface area contributed by atoms with Crippen LogP contribution in [0.15, 0.2) is 48.5 Å². The van der Waals surface area contributed by atoms with Gasteiger partial charge in [0.25, 0.3) is 5.91 Å². The van der Waals surface area contributed by atoms with Crippen LogP contribution in [0.5, 0.6) is 11.5 Å². The number of carbonyl (C=O) groups is 2. The van der Waals surface area contributed by atoms with Crippen molar-refractivity contribution in [3.05, 3.63) is 54.1 Å². The first-order valence-electron chi connectivity index (χ1n) is 9.25. The van der Waals surface area contributed by atoms with Crippen LogP contribution in [0.3, 0.4) is 0 Å². The summed E-state index contributed by atoms with van der Waals surface area (Å²) < 4.78 is 10.8. The highest BCUT2D eigenvalue weighted by Gasteiger charge is 2.23. The fourth-order valence-corrected chi connectivity index (χ4v) is 2.74. The van der Waals surface area contributed by atoms with Crippen LogP contribution in [0.4, 0.5) is 5.69 Å². The van der Waals surface area contributed by atoms with E-state index in [4.69, 9.17) is 15.2 Å². The maximum absolute atomic E-state index is 12.3. The smallest absolute Gasteiger partial charge is 0.258 e. The number of amides is 2. The Bertz CT molecular complexity index is 822. The number of hydrogen-bond donors (Lipinski definition) is 3. The first kappa shape index (κ1) is 19.7. The molecule has 7 nitrogen and oxygen atoms in total. The number of nitrogens with one attached hydrogen (secondary N) is 2. The molecule has 1 aliphatic carbocycles. The molecule has 3 rings (SSSR count). The van der Waals surface area contributed by atoms with Crippen LogP contribution < -0.4 is 25.8 Å². The van der Waals surface area contributed by atoms with Gasteiger partial charge in [-0.3, -0.25) is 9.59 Å². The Morgan fingerprint density at radius 1 is 1.11 bits per heavy atom. The van der Waals surface area contributed by atoms with E-state index in [1.165, 1.54) is 7.11 Å². The van der Waals surface area contributed by atoms with Gasteiger partial charge in [0, 0.05) is 30.3 Å². The lowest BCUT2D eigenvalue weighted by Crippen LogP contribution is -2.30. The predicted molar refractivity (Wildman–Crippen MR) is 106 cm³/mol. The van der Waals surface area contributed by atoms with Crippen molar-refractivity contribution in [3.63, 3.8) is 0 Å². The van der Waals surface area contributed by atoms with Crippen molar-refractivity contribution < 1.29 is 19.1 Å². The number of benzene rings is 2. The Balaban J connectivity index is 1.58. The molecule has 1 unspecified atom stereocenters. The number of rotatable bonds is 9. The Labute approximate surface area is 164 Å². The molecule has 0 spiro atoms. The lowest BCUT2D eigenvalue weighted by molar-refractivity contribution is -0.123. The molecule has 7 heteroatoms. The summed E-state index contributed by atoms with van der Waals surface area (Å²) in [5.41, 5.74) is 7.55. The summed E-state index contributed by atoms with van der Waals surface area (Å²) in [5, 5.41) is 5.67. The Hall–Kier alpha value is -3.06. The molecule has 2 aromatic carbocycles. The third-order valence-electron chi connectivity index (χ3n) is 4.38. The van der Waals surface area contributed by atoms with Gasteiger partial charge in [0.15, 0.2) is 18.1 Å². The van der Waals surface area contributed by atoms with Crippen LogP contribution in [0.1, 0.15) is 30.9 Å². The number of anilines is 1. The van der Waals surface area contributed by atoms with E-state index in [0.29, 0.717) is 17.2 Å². The van der Waals surface area contributed by atoms with E-state index >= 15 is 0 Å². The maximum atomic E-state index is 12.3. The van der Waals surface area contributed by atoms with Gasteiger partial charge in [-0.25, -0.2) is 0 Å². The van der Waals surface area contributed by atoms with Crippen molar-refractivity contribution >= 4 is 17.5 Å². The monoisotopic (exact) mass is 383 g/mol. The van der Waals surface area contributed by atoms with E-state index in [9.17, 15) is 9.59 Å². The molecule has 1 atom stereocenters. The lowest BCUT2D eigenvalue weighted by Gasteiger charge is -2.14. The average Bonchev–Trinajstić information content (AvgIpc) is 3.51. The van der Waals surface area contributed by atoms with Crippen molar-refractivity contribution in [2.45, 2.75) is 31.3 Å². The highest BCUT2D eigenvalue weighted by atomic mass is 16.5. The highest BCUT2D eigenvalue weighted by molar-refractivity contribution is 5.91. The molecule has 2 amide bonds. The molecule has 2 aromatic rings. The fourth-order valence-electron chi connectivity index (χ4n) is 2.74. The second-order valence-corrected chi connectivity index (χ2v) is 6.77. The molecule has 0 aromatic heterocycles. The molecule has 148 valence electrons. The van der Waals surface area contributed by atoms with Gasteiger partial charge in [-0.2, -0.15) is 0 Å². The van der Waals surface area contributed by atoms with Gasteiger partial charge in [0.1, 0.15) is 0 Å². The number of hydrogen-bond acceptors (Lipinski definition) is 5. The Morgan fingerprint density at radius 3 is 2.54 bits per heavy atom. The van der Waals surface area contributed by atoms with Gasteiger partial charge >= 0.3 is 0 Å². The van der Waals surface area contributed by atoms with E-state index in [-0.39, 0.29) is 36.9 Å². The summed E-state index contributed by atoms with van der Waals surface area (Å²) in [6.45, 7) is -0.108. The number of carbonyl (C=O) groups excluding carboxylic acids is 2. The van der Waals surface area contributed by atoms with E-state index < -0.39 is 0 Å². The summed E-state index contributed by atoms with van der Waals surface area (Å²) in [5.74, 6) is 0.489. The van der Waals surface area contributed by atoms with Crippen LogP contribution >= 0.6 is 0 Å². The average molecular weight is 383 g/mol. The third-order valence-corrected chi connectivity index (χ3v) is 4.38. The standard InChI is InChI=1S/C21H25N3O4/c1-27-18-10-9-16(11-19(18)28-13-21(26)23-15-7-8-15)24-20(25)12-17(22)14-5-3-2-4-6-14/h2-6,9-11,15,17H,7-8,12-13,22H2,1H3,(H,23,26)(H,24,25). The Kier molecular flexibility index (Phi) is 6.49. The minimum atomic E-state index is -0.388. The van der Waals surface area contributed by atoms with Crippen LogP contribution in [0, 0.1) is 0 Å². The molecule has 28 heavy (non-hydrogen) atoms. The summed E-state index contributed by atoms with van der Waals surface area (Å²) in [7, 11) is 1.52. The van der Waals surface area contributed by atoms with E-state index in [1.807, 2.05) is 30.3 Å². The minimum Gasteiger partial charge on any atom is -0.493 e. The molecule has 4 N–H and O–H groups in total. The quantitative estimate of drug-likeness (QED) is 0.617. The summed E-state index contributed by atoms with van der Waals surface area (Å²) >= 11 is 0. The normalized spacial score (nSPS) is 14.1. The maximum Gasteiger partial charge on any atom is 0.258 e. The van der Waals surface area contributed by atoms with Crippen molar-refractivity contribution in [1.29, 1.82) is 0 Å². The van der Waals surface area contributed by atoms with Crippen molar-refractivity contribution in [1.82, 2.24) is 5.32 Å². The van der Waals surface area contributed by atoms with Crippen LogP contribution in [-0.4, -0.2) is 31.6 Å². The molecule has 1 aliphatic rings. The molecule has 0 saturated heterocycles. The molecular formula is C21H25N3O4. The first-order chi connectivity index (χ1) is 13.5. The molecule has 0 bridgehead atoms. The van der Waals surface area contributed by atoms with Crippen LogP contribution in [0.25, 0.3) is 0 Å². The zero-order valence-corrected chi connectivity index (χ0v) is 15.8. The van der Waals surface area contributed by atoms with Gasteiger partial charge in [-0.05, 0) is 30.5 Å². The van der Waals surface area contributed by atoms with Gasteiger partial charge in [0.2, 0.25) is 5.91 Å². The second-order valence-electron chi connectivity index (χ2n) is 6.77. The minimum absolute atomic E-state index is 0.108. The second kappa shape index (κ2) is 9.23. The van der Waals surface area contributed by atoms with Gasteiger partial charge < -0.3 is 25.8 Å². The van der Waals surface area contributed by atoms with Crippen molar-refractivity contribution in [2.75, 3.05) is 19.0 Å². The summed E-state index contributed by atoms with van der Waals surface area (Å²) in [6.07, 6.45) is 2.18. The van der Waals surface area contributed by atoms with E-state index in [2.05, 4.69) is 10.6 Å². The lowest BCUT2D eigenvalue weighted by atomic mass is 10.0. The van der Waals surface area contributed by atoms with E-state index in [0.717, 1.165) is 18.4 Å². The molecule has 1 fully saturated rings. The largest absolute Gasteiger partial charge is 0.493 e. The van der Waals surface area contributed by atoms with Gasteiger partial charge in [-0.1, -0.05) is 30.3 Å². The molecular weight excluding hydrogens is 358 g/mol. The first-order valence-corrected chi connectivity index (χ1v) is 9.25. The SMILES string of the molecule is COc1ccc(NC(=O)CC(N)c2ccccc2)cc1OCC(=O)NC1CC1. The predicted octanol–water partition coefficient (Wildman–Crippen LogP) is 2.38. The zero-order valence-electron chi connectivity index (χ0n) is 15.8. The van der Waals surface area contributed by atoms with Crippen LogP contribution in [-0.2, 0) is 9.59 Å². The molecule has 0 aliphatic heterocycles.